The lowest BCUT2D eigenvalue weighted by Gasteiger charge is -2.26. The Balaban J connectivity index is 1.09. The minimum absolute atomic E-state index is 0.154. The van der Waals surface area contributed by atoms with E-state index in [1.165, 1.54) is 5.56 Å². The van der Waals surface area contributed by atoms with E-state index in [0.29, 0.717) is 0 Å². The fourth-order valence-electron chi connectivity index (χ4n) is 7.45. The monoisotopic (exact) mass is 700 g/mol. The molecule has 260 valence electrons. The predicted octanol–water partition coefficient (Wildman–Crippen LogP) is 11.2. The van der Waals surface area contributed by atoms with E-state index in [0.717, 1.165) is 78.9 Å². The number of ether oxygens (including phenoxy) is 2. The molecule has 3 aliphatic rings. The largest absolute Gasteiger partial charge is 0.464 e. The van der Waals surface area contributed by atoms with Gasteiger partial charge >= 0.3 is 0 Å². The van der Waals surface area contributed by atoms with Crippen LogP contribution in [0.2, 0.25) is 0 Å². The van der Waals surface area contributed by atoms with Crippen LogP contribution in [0, 0.1) is 0 Å². The number of para-hydroxylation sites is 4. The van der Waals surface area contributed by atoms with Crippen LogP contribution in [0.1, 0.15) is 46.3 Å². The molecule has 0 radical (unpaired) electrons. The second-order valence-electron chi connectivity index (χ2n) is 13.7. The zero-order valence-electron chi connectivity index (χ0n) is 29.3. The van der Waals surface area contributed by atoms with Gasteiger partial charge in [0.2, 0.25) is 0 Å². The lowest BCUT2D eigenvalue weighted by molar-refractivity contribution is 0.252. The minimum atomic E-state index is -0.384. The first-order chi connectivity index (χ1) is 26.7. The quantitative estimate of drug-likeness (QED) is 0.154. The number of anilines is 2. The summed E-state index contributed by atoms with van der Waals surface area (Å²) in [6, 6.07) is 60.8. The molecular formula is C48H36N4O2. The standard InChI is InChI=1S/C48H36N4O2/c1-3-13-31(14-4-1)33-17-11-19-35(25-33)42-30-43(36-20-12-18-34(26-36)32-15-5-2-6-16-32)50-46(49-42)37-27-38(47-51-40-21-7-9-23-44(40)53-47)29-39(28-37)48-52-41-22-8-10-24-45(41)54-48/h1-30,42,47-48,51-52H,(H,49,50). The molecule has 0 saturated heterocycles. The number of fused-ring (bicyclic) bond motifs is 2. The molecule has 10 rings (SSSR count). The number of hydrogen-bond donors (Lipinski definition) is 3. The summed E-state index contributed by atoms with van der Waals surface area (Å²) in [6.45, 7) is 0. The van der Waals surface area contributed by atoms with Gasteiger partial charge < -0.3 is 25.4 Å². The topological polar surface area (TPSA) is 66.9 Å². The van der Waals surface area contributed by atoms with Crippen LogP contribution in [0.25, 0.3) is 28.0 Å². The minimum Gasteiger partial charge on any atom is -0.464 e. The third kappa shape index (κ3) is 6.14. The van der Waals surface area contributed by atoms with Crippen molar-refractivity contribution < 1.29 is 9.47 Å². The molecule has 3 atom stereocenters. The van der Waals surface area contributed by atoms with Gasteiger partial charge in [-0.3, -0.25) is 0 Å². The molecule has 0 amide bonds. The van der Waals surface area contributed by atoms with Crippen LogP contribution in [-0.2, 0) is 0 Å². The second kappa shape index (κ2) is 13.5. The van der Waals surface area contributed by atoms with Gasteiger partial charge in [-0.25, -0.2) is 4.99 Å². The van der Waals surface area contributed by atoms with E-state index >= 15 is 0 Å². The Morgan fingerprint density at radius 2 is 0.889 bits per heavy atom. The highest BCUT2D eigenvalue weighted by Gasteiger charge is 2.29. The Morgan fingerprint density at radius 1 is 0.389 bits per heavy atom. The van der Waals surface area contributed by atoms with Gasteiger partial charge in [0.05, 0.1) is 23.1 Å². The fourth-order valence-corrected chi connectivity index (χ4v) is 7.45. The second-order valence-corrected chi connectivity index (χ2v) is 13.7. The van der Waals surface area contributed by atoms with Gasteiger partial charge in [-0.2, -0.15) is 0 Å². The Kier molecular flexibility index (Phi) is 7.91. The van der Waals surface area contributed by atoms with E-state index in [2.05, 4.69) is 143 Å². The van der Waals surface area contributed by atoms with Gasteiger partial charge in [0.15, 0.2) is 12.5 Å². The van der Waals surface area contributed by atoms with E-state index < -0.39 is 0 Å². The van der Waals surface area contributed by atoms with Gasteiger partial charge in [0, 0.05) is 22.3 Å². The van der Waals surface area contributed by atoms with Crippen molar-refractivity contribution in [2.75, 3.05) is 10.6 Å². The number of hydrogen-bond acceptors (Lipinski definition) is 6. The Morgan fingerprint density at radius 3 is 1.50 bits per heavy atom. The van der Waals surface area contributed by atoms with Gasteiger partial charge in [-0.05, 0) is 88.5 Å². The van der Waals surface area contributed by atoms with Gasteiger partial charge in [-0.1, -0.05) is 121 Å². The third-order valence-corrected chi connectivity index (χ3v) is 10.2. The molecule has 54 heavy (non-hydrogen) atoms. The normalized spacial score (nSPS) is 18.0. The molecule has 6 heteroatoms. The summed E-state index contributed by atoms with van der Waals surface area (Å²) in [5.41, 5.74) is 12.5. The van der Waals surface area contributed by atoms with Crippen molar-refractivity contribution >= 4 is 22.9 Å². The first kappa shape index (κ1) is 31.7. The summed E-state index contributed by atoms with van der Waals surface area (Å²) >= 11 is 0. The van der Waals surface area contributed by atoms with Crippen molar-refractivity contribution in [2.24, 2.45) is 4.99 Å². The van der Waals surface area contributed by atoms with Gasteiger partial charge in [-0.15, -0.1) is 0 Å². The van der Waals surface area contributed by atoms with Crippen molar-refractivity contribution in [3.05, 3.63) is 210 Å². The summed E-state index contributed by atoms with van der Waals surface area (Å²) in [5, 5.41) is 11.0. The molecule has 3 N–H and O–H groups in total. The number of nitrogens with zero attached hydrogens (tertiary/aromatic N) is 1. The smallest absolute Gasteiger partial charge is 0.196 e. The molecule has 3 heterocycles. The number of benzene rings is 7. The summed E-state index contributed by atoms with van der Waals surface area (Å²) < 4.78 is 12.9. The van der Waals surface area contributed by atoms with Crippen molar-refractivity contribution in [3.8, 4) is 33.8 Å². The van der Waals surface area contributed by atoms with Crippen LogP contribution >= 0.6 is 0 Å². The fraction of sp³-hybridized carbons (Fsp3) is 0.0625. The molecular weight excluding hydrogens is 665 g/mol. The average molecular weight is 701 g/mol. The number of rotatable bonds is 7. The van der Waals surface area contributed by atoms with Crippen molar-refractivity contribution in [2.45, 2.75) is 18.5 Å². The zero-order valence-corrected chi connectivity index (χ0v) is 29.3. The maximum atomic E-state index is 6.46. The zero-order chi connectivity index (χ0) is 35.8. The third-order valence-electron chi connectivity index (χ3n) is 10.2. The summed E-state index contributed by atoms with van der Waals surface area (Å²) in [6.07, 6.45) is 1.47. The van der Waals surface area contributed by atoms with Crippen molar-refractivity contribution in [1.82, 2.24) is 5.32 Å². The van der Waals surface area contributed by atoms with Crippen molar-refractivity contribution in [3.63, 3.8) is 0 Å². The van der Waals surface area contributed by atoms with E-state index in [9.17, 15) is 0 Å². The summed E-state index contributed by atoms with van der Waals surface area (Å²) in [7, 11) is 0. The maximum absolute atomic E-state index is 6.46. The van der Waals surface area contributed by atoms with Crippen LogP contribution in [0.3, 0.4) is 0 Å². The molecule has 6 nitrogen and oxygen atoms in total. The predicted molar refractivity (Wildman–Crippen MR) is 217 cm³/mol. The average Bonchev–Trinajstić information content (AvgIpc) is 3.90. The van der Waals surface area contributed by atoms with Crippen LogP contribution in [0.4, 0.5) is 11.4 Å². The summed E-state index contributed by atoms with van der Waals surface area (Å²) in [5.74, 6) is 2.42. The highest BCUT2D eigenvalue weighted by Crippen LogP contribution is 2.42. The van der Waals surface area contributed by atoms with E-state index in [4.69, 9.17) is 14.5 Å². The first-order valence-corrected chi connectivity index (χ1v) is 18.3. The maximum Gasteiger partial charge on any atom is 0.196 e. The number of aliphatic imine (C=N–C) groups is 1. The lowest BCUT2D eigenvalue weighted by atomic mass is 9.95. The van der Waals surface area contributed by atoms with E-state index in [1.807, 2.05) is 54.6 Å². The van der Waals surface area contributed by atoms with Crippen LogP contribution in [0.15, 0.2) is 187 Å². The molecule has 3 aliphatic heterocycles. The SMILES string of the molecule is C1=C(c2cccc(-c3ccccc3)c2)N=C(c2cc(C3Nc4ccccc4O3)cc(C3Nc4ccccc4O3)c2)NC1c1cccc(-c2ccccc2)c1. The van der Waals surface area contributed by atoms with Crippen LogP contribution < -0.4 is 25.4 Å². The molecule has 0 fully saturated rings. The van der Waals surface area contributed by atoms with Crippen LogP contribution in [0.5, 0.6) is 11.5 Å². The molecule has 0 spiro atoms. The highest BCUT2D eigenvalue weighted by molar-refractivity contribution is 6.04. The molecule has 7 aromatic carbocycles. The molecule has 0 saturated carbocycles. The van der Waals surface area contributed by atoms with Crippen LogP contribution in [-0.4, -0.2) is 5.84 Å². The molecule has 7 aromatic rings. The Hall–Kier alpha value is -7.05. The number of nitrogens with one attached hydrogen (secondary N) is 3. The Labute approximate surface area is 314 Å². The molecule has 0 bridgehead atoms. The molecule has 0 aromatic heterocycles. The Bertz CT molecular complexity index is 2440. The van der Waals surface area contributed by atoms with Crippen molar-refractivity contribution in [1.29, 1.82) is 0 Å². The highest BCUT2D eigenvalue weighted by atomic mass is 16.5. The van der Waals surface area contributed by atoms with Gasteiger partial charge in [0.1, 0.15) is 17.3 Å². The van der Waals surface area contributed by atoms with E-state index in [-0.39, 0.29) is 18.5 Å². The molecule has 0 aliphatic carbocycles. The lowest BCUT2D eigenvalue weighted by Crippen LogP contribution is -2.31. The van der Waals surface area contributed by atoms with Gasteiger partial charge in [0.25, 0.3) is 0 Å². The molecule has 3 unspecified atom stereocenters. The number of amidine groups is 1. The van der Waals surface area contributed by atoms with E-state index in [1.54, 1.807) is 0 Å². The summed E-state index contributed by atoms with van der Waals surface area (Å²) in [4.78, 5) is 5.37. The first-order valence-electron chi connectivity index (χ1n) is 18.3.